The van der Waals surface area contributed by atoms with E-state index in [0.29, 0.717) is 11.4 Å². The summed E-state index contributed by atoms with van der Waals surface area (Å²) in [5.74, 6) is -1.31. The molecule has 2 aliphatic rings. The standard InChI is InChI=1S/C12H7ClF2N3/c13-18-4-3-16-6-11(18)12(17-7-18)9-2-1-8(14)5-10(9)15/h1-7H/q+1. The summed E-state index contributed by atoms with van der Waals surface area (Å²) in [6, 6.07) is 3.33. The summed E-state index contributed by atoms with van der Waals surface area (Å²) in [5, 5.41) is 0. The van der Waals surface area contributed by atoms with Crippen molar-refractivity contribution in [2.75, 3.05) is 0 Å². The van der Waals surface area contributed by atoms with Crippen LogP contribution in [0.5, 0.6) is 0 Å². The summed E-state index contributed by atoms with van der Waals surface area (Å²) in [5.41, 5.74) is 1.09. The predicted octanol–water partition coefficient (Wildman–Crippen LogP) is 3.20. The first-order valence-corrected chi connectivity index (χ1v) is 5.48. The monoisotopic (exact) mass is 266 g/mol. The van der Waals surface area contributed by atoms with Gasteiger partial charge in [-0.15, -0.1) is 4.00 Å². The van der Waals surface area contributed by atoms with Crippen LogP contribution in [0, 0.1) is 11.6 Å². The molecule has 0 saturated carbocycles. The second-order valence-electron chi connectivity index (χ2n) is 3.87. The third-order valence-electron chi connectivity index (χ3n) is 2.72. The fourth-order valence-corrected chi connectivity index (χ4v) is 2.06. The Hall–Kier alpha value is -1.85. The molecule has 2 aliphatic heterocycles. The summed E-state index contributed by atoms with van der Waals surface area (Å²) in [6.45, 7) is 0. The van der Waals surface area contributed by atoms with E-state index < -0.39 is 11.6 Å². The molecule has 0 aromatic heterocycles. The van der Waals surface area contributed by atoms with Crippen LogP contribution in [0.25, 0.3) is 5.70 Å². The largest absolute Gasteiger partial charge is 0.253 e. The average Bonchev–Trinajstić information content (AvgIpc) is 2.67. The van der Waals surface area contributed by atoms with Crippen LogP contribution >= 0.6 is 11.8 Å². The first-order valence-electron chi connectivity index (χ1n) is 5.15. The van der Waals surface area contributed by atoms with Crippen molar-refractivity contribution in [3.05, 3.63) is 53.5 Å². The fourth-order valence-electron chi connectivity index (χ4n) is 1.84. The van der Waals surface area contributed by atoms with Crippen molar-refractivity contribution >= 4 is 30.0 Å². The molecule has 1 unspecified atom stereocenters. The van der Waals surface area contributed by atoms with E-state index >= 15 is 0 Å². The number of benzene rings is 1. The van der Waals surface area contributed by atoms with Crippen LogP contribution in [0.4, 0.5) is 8.78 Å². The van der Waals surface area contributed by atoms with Crippen LogP contribution in [0.2, 0.25) is 0 Å². The molecule has 6 heteroatoms. The van der Waals surface area contributed by atoms with Crippen molar-refractivity contribution in [3.8, 4) is 0 Å². The van der Waals surface area contributed by atoms with Crippen LogP contribution in [0.15, 0.2) is 46.3 Å². The van der Waals surface area contributed by atoms with Gasteiger partial charge in [-0.2, -0.15) is 4.99 Å². The first-order chi connectivity index (χ1) is 8.60. The number of allylic oxidation sites excluding steroid dienone is 1. The number of nitrogens with zero attached hydrogens (tertiary/aromatic N) is 3. The Kier molecular flexibility index (Phi) is 2.39. The highest BCUT2D eigenvalue weighted by Crippen LogP contribution is 2.36. The summed E-state index contributed by atoms with van der Waals surface area (Å²) in [6.07, 6.45) is 6.11. The maximum Gasteiger partial charge on any atom is 0.219 e. The average molecular weight is 267 g/mol. The zero-order valence-corrected chi connectivity index (χ0v) is 9.77. The van der Waals surface area contributed by atoms with E-state index in [1.807, 2.05) is 0 Å². The Balaban J connectivity index is 2.18. The second-order valence-corrected chi connectivity index (χ2v) is 4.43. The third-order valence-corrected chi connectivity index (χ3v) is 3.10. The number of aliphatic imine (C=N–C) groups is 2. The van der Waals surface area contributed by atoms with Crippen LogP contribution in [-0.4, -0.2) is 16.6 Å². The van der Waals surface area contributed by atoms with Crippen molar-refractivity contribution < 1.29 is 12.8 Å². The molecule has 0 amide bonds. The van der Waals surface area contributed by atoms with Gasteiger partial charge in [0.05, 0.1) is 12.4 Å². The summed E-state index contributed by atoms with van der Waals surface area (Å²) >= 11 is 6.26. The van der Waals surface area contributed by atoms with E-state index in [9.17, 15) is 8.78 Å². The number of fused-ring (bicyclic) bond motifs is 1. The number of halogens is 3. The van der Waals surface area contributed by atoms with Crippen molar-refractivity contribution in [1.82, 2.24) is 0 Å². The molecule has 18 heavy (non-hydrogen) atoms. The summed E-state index contributed by atoms with van der Waals surface area (Å²) in [7, 11) is 0. The van der Waals surface area contributed by atoms with Crippen LogP contribution in [-0.2, 0) is 0 Å². The van der Waals surface area contributed by atoms with Gasteiger partial charge in [-0.1, -0.05) is 0 Å². The Bertz CT molecular complexity index is 649. The minimum absolute atomic E-state index is 0.185. The van der Waals surface area contributed by atoms with Crippen LogP contribution < -0.4 is 0 Å². The zero-order valence-electron chi connectivity index (χ0n) is 9.02. The molecule has 0 aliphatic carbocycles. The number of quaternary nitrogens is 1. The number of hydrogen-bond donors (Lipinski definition) is 0. The van der Waals surface area contributed by atoms with E-state index in [0.717, 1.165) is 6.07 Å². The maximum atomic E-state index is 13.7. The molecule has 0 radical (unpaired) electrons. The molecule has 2 heterocycles. The molecule has 3 nitrogen and oxygen atoms in total. The SMILES string of the molecule is Fc1ccc(C2=C3C=NC=C[N+]3(Cl)C=N2)c(F)c1. The predicted molar refractivity (Wildman–Crippen MR) is 65.5 cm³/mol. The van der Waals surface area contributed by atoms with E-state index in [1.165, 1.54) is 30.9 Å². The van der Waals surface area contributed by atoms with Crippen LogP contribution in [0.1, 0.15) is 5.56 Å². The lowest BCUT2D eigenvalue weighted by molar-refractivity contribution is -0.591. The number of rotatable bonds is 1. The number of hydrogen-bond acceptors (Lipinski definition) is 2. The lowest BCUT2D eigenvalue weighted by atomic mass is 10.1. The highest BCUT2D eigenvalue weighted by molar-refractivity contribution is 6.16. The summed E-state index contributed by atoms with van der Waals surface area (Å²) in [4.78, 5) is 8.05. The Morgan fingerprint density at radius 3 is 2.83 bits per heavy atom. The molecule has 0 saturated heterocycles. The van der Waals surface area contributed by atoms with Gasteiger partial charge in [0, 0.05) is 11.6 Å². The highest BCUT2D eigenvalue weighted by Gasteiger charge is 2.38. The quantitative estimate of drug-likeness (QED) is 0.698. The van der Waals surface area contributed by atoms with Gasteiger partial charge in [0.2, 0.25) is 12.0 Å². The van der Waals surface area contributed by atoms with Crippen molar-refractivity contribution in [2.45, 2.75) is 0 Å². The molecule has 90 valence electrons. The Morgan fingerprint density at radius 1 is 1.22 bits per heavy atom. The highest BCUT2D eigenvalue weighted by atomic mass is 35.5. The Labute approximate surface area is 107 Å². The second kappa shape index (κ2) is 3.83. The normalized spacial score (nSPS) is 24.8. The molecule has 0 N–H and O–H groups in total. The fraction of sp³-hybridized carbons (Fsp3) is 0. The molecule has 1 atom stereocenters. The lowest BCUT2D eigenvalue weighted by Gasteiger charge is -2.17. The molecule has 1 aromatic rings. The molecular weight excluding hydrogens is 260 g/mol. The van der Waals surface area contributed by atoms with E-state index in [2.05, 4.69) is 9.98 Å². The minimum Gasteiger partial charge on any atom is -0.253 e. The molecule has 3 rings (SSSR count). The van der Waals surface area contributed by atoms with Gasteiger partial charge in [0.1, 0.15) is 23.5 Å². The van der Waals surface area contributed by atoms with E-state index in [1.54, 1.807) is 6.20 Å². The van der Waals surface area contributed by atoms with Gasteiger partial charge in [-0.05, 0) is 12.1 Å². The van der Waals surface area contributed by atoms with Gasteiger partial charge in [-0.3, -0.25) is 4.99 Å². The minimum atomic E-state index is -0.678. The first kappa shape index (κ1) is 11.3. The van der Waals surface area contributed by atoms with Gasteiger partial charge in [0.25, 0.3) is 0 Å². The lowest BCUT2D eigenvalue weighted by Crippen LogP contribution is -2.29. The van der Waals surface area contributed by atoms with Crippen molar-refractivity contribution in [1.29, 1.82) is 0 Å². The van der Waals surface area contributed by atoms with Gasteiger partial charge in [0.15, 0.2) is 11.8 Å². The summed E-state index contributed by atoms with van der Waals surface area (Å²) < 4.78 is 26.4. The van der Waals surface area contributed by atoms with E-state index in [-0.39, 0.29) is 9.57 Å². The van der Waals surface area contributed by atoms with Crippen LogP contribution in [0.3, 0.4) is 0 Å². The molecule has 0 spiro atoms. The molecule has 1 aromatic carbocycles. The van der Waals surface area contributed by atoms with E-state index in [4.69, 9.17) is 11.8 Å². The third kappa shape index (κ3) is 1.60. The molecular formula is C12H7ClF2N3+. The van der Waals surface area contributed by atoms with Gasteiger partial charge >= 0.3 is 0 Å². The van der Waals surface area contributed by atoms with Gasteiger partial charge < -0.3 is 0 Å². The Morgan fingerprint density at radius 2 is 2.06 bits per heavy atom. The molecule has 0 fully saturated rings. The molecule has 0 bridgehead atoms. The van der Waals surface area contributed by atoms with Crippen molar-refractivity contribution in [2.24, 2.45) is 9.98 Å². The smallest absolute Gasteiger partial charge is 0.219 e. The topological polar surface area (TPSA) is 24.7 Å². The van der Waals surface area contributed by atoms with Gasteiger partial charge in [-0.25, -0.2) is 8.78 Å². The van der Waals surface area contributed by atoms with Crippen molar-refractivity contribution in [3.63, 3.8) is 0 Å². The maximum absolute atomic E-state index is 13.7. The zero-order chi connectivity index (χ0) is 12.8.